The van der Waals surface area contributed by atoms with Gasteiger partial charge in [0.15, 0.2) is 0 Å². The van der Waals surface area contributed by atoms with E-state index in [0.29, 0.717) is 17.9 Å². The van der Waals surface area contributed by atoms with Crippen LogP contribution in [0.15, 0.2) is 30.7 Å². The lowest BCUT2D eigenvalue weighted by Crippen LogP contribution is -2.02. The second-order valence-corrected chi connectivity index (χ2v) is 2.93. The van der Waals surface area contributed by atoms with Crippen LogP contribution in [-0.4, -0.2) is 15.0 Å². The summed E-state index contributed by atoms with van der Waals surface area (Å²) in [7, 11) is 0. The Morgan fingerprint density at radius 1 is 1.40 bits per heavy atom. The average Bonchev–Trinajstić information content (AvgIpc) is 2.79. The minimum Gasteiger partial charge on any atom is -0.363 e. The van der Waals surface area contributed by atoms with Crippen molar-refractivity contribution in [1.29, 1.82) is 5.26 Å². The summed E-state index contributed by atoms with van der Waals surface area (Å²) in [6, 6.07) is 5.42. The molecule has 2 aromatic heterocycles. The van der Waals surface area contributed by atoms with Crippen molar-refractivity contribution < 1.29 is 0 Å². The third-order valence-electron chi connectivity index (χ3n) is 1.88. The Morgan fingerprint density at radius 3 is 3.07 bits per heavy atom. The Balaban J connectivity index is 2.02. The molecule has 0 spiro atoms. The lowest BCUT2D eigenvalue weighted by molar-refractivity contribution is 0.988. The van der Waals surface area contributed by atoms with Crippen LogP contribution < -0.4 is 5.32 Å². The van der Waals surface area contributed by atoms with Gasteiger partial charge in [-0.3, -0.25) is 0 Å². The number of hydrogen-bond donors (Lipinski definition) is 2. The van der Waals surface area contributed by atoms with E-state index in [-0.39, 0.29) is 0 Å². The third-order valence-corrected chi connectivity index (χ3v) is 1.88. The second kappa shape index (κ2) is 4.24. The molecule has 5 nitrogen and oxygen atoms in total. The van der Waals surface area contributed by atoms with Gasteiger partial charge in [-0.05, 0) is 12.1 Å². The molecule has 0 aliphatic carbocycles. The van der Waals surface area contributed by atoms with Crippen LogP contribution in [-0.2, 0) is 6.54 Å². The summed E-state index contributed by atoms with van der Waals surface area (Å²) in [6.45, 7) is 0.564. The lowest BCUT2D eigenvalue weighted by atomic mass is 10.3. The number of nitriles is 1. The molecule has 0 radical (unpaired) electrons. The van der Waals surface area contributed by atoms with Gasteiger partial charge in [0.05, 0.1) is 18.2 Å². The molecule has 0 amide bonds. The van der Waals surface area contributed by atoms with Crippen LogP contribution in [0.1, 0.15) is 11.4 Å². The smallest absolute Gasteiger partial charge is 0.127 e. The fourth-order valence-electron chi connectivity index (χ4n) is 1.17. The molecule has 0 bridgehead atoms. The first-order valence-corrected chi connectivity index (χ1v) is 4.47. The largest absolute Gasteiger partial charge is 0.363 e. The Bertz CT molecular complexity index is 469. The molecular weight excluding hydrogens is 190 g/mol. The molecule has 0 aliphatic rings. The third kappa shape index (κ3) is 2.31. The molecule has 0 aliphatic heterocycles. The monoisotopic (exact) mass is 199 g/mol. The Hall–Kier alpha value is -2.35. The second-order valence-electron chi connectivity index (χ2n) is 2.93. The van der Waals surface area contributed by atoms with Crippen molar-refractivity contribution >= 4 is 5.82 Å². The number of H-pyrrole nitrogens is 1. The van der Waals surface area contributed by atoms with E-state index in [4.69, 9.17) is 5.26 Å². The van der Waals surface area contributed by atoms with Crippen molar-refractivity contribution in [1.82, 2.24) is 15.0 Å². The molecule has 0 unspecified atom stereocenters. The Kier molecular flexibility index (Phi) is 2.61. The summed E-state index contributed by atoms with van der Waals surface area (Å²) in [5.74, 6) is 1.50. The zero-order chi connectivity index (χ0) is 10.5. The van der Waals surface area contributed by atoms with E-state index in [1.807, 2.05) is 0 Å². The van der Waals surface area contributed by atoms with Gasteiger partial charge in [0, 0.05) is 18.6 Å². The summed E-state index contributed by atoms with van der Waals surface area (Å²) in [5.41, 5.74) is 0.590. The molecule has 0 saturated carbocycles. The maximum atomic E-state index is 8.69. The van der Waals surface area contributed by atoms with Gasteiger partial charge < -0.3 is 10.3 Å². The van der Waals surface area contributed by atoms with E-state index < -0.39 is 0 Å². The Morgan fingerprint density at radius 2 is 2.33 bits per heavy atom. The Labute approximate surface area is 86.8 Å². The first-order valence-electron chi connectivity index (χ1n) is 4.47. The van der Waals surface area contributed by atoms with Crippen molar-refractivity contribution in [2.45, 2.75) is 6.54 Å². The molecule has 5 heteroatoms. The van der Waals surface area contributed by atoms with E-state index >= 15 is 0 Å². The van der Waals surface area contributed by atoms with Crippen LogP contribution in [0, 0.1) is 11.3 Å². The minimum atomic E-state index is 0.564. The maximum Gasteiger partial charge on any atom is 0.127 e. The predicted molar refractivity (Wildman–Crippen MR) is 54.9 cm³/mol. The zero-order valence-electron chi connectivity index (χ0n) is 7.94. The highest BCUT2D eigenvalue weighted by molar-refractivity contribution is 5.42. The van der Waals surface area contributed by atoms with Crippen LogP contribution in [0.2, 0.25) is 0 Å². The van der Waals surface area contributed by atoms with Gasteiger partial charge in [-0.2, -0.15) is 5.26 Å². The van der Waals surface area contributed by atoms with Gasteiger partial charge in [0.25, 0.3) is 0 Å². The fourth-order valence-corrected chi connectivity index (χ4v) is 1.17. The summed E-state index contributed by atoms with van der Waals surface area (Å²) >= 11 is 0. The number of aromatic nitrogens is 3. The molecule has 15 heavy (non-hydrogen) atoms. The normalized spacial score (nSPS) is 9.53. The average molecular weight is 199 g/mol. The van der Waals surface area contributed by atoms with Gasteiger partial charge in [-0.15, -0.1) is 0 Å². The molecule has 2 rings (SSSR count). The number of imidazole rings is 1. The summed E-state index contributed by atoms with van der Waals surface area (Å²) in [5, 5.41) is 11.8. The highest BCUT2D eigenvalue weighted by atomic mass is 15.0. The zero-order valence-corrected chi connectivity index (χ0v) is 7.94. The first-order chi connectivity index (χ1) is 7.38. The highest BCUT2D eigenvalue weighted by Gasteiger charge is 1.97. The molecule has 0 aromatic carbocycles. The first kappa shape index (κ1) is 9.21. The van der Waals surface area contributed by atoms with Crippen LogP contribution in [0.25, 0.3) is 0 Å². The number of nitrogens with one attached hydrogen (secondary N) is 2. The van der Waals surface area contributed by atoms with Crippen molar-refractivity contribution in [3.05, 3.63) is 42.1 Å². The van der Waals surface area contributed by atoms with E-state index in [2.05, 4.69) is 26.3 Å². The van der Waals surface area contributed by atoms with Crippen LogP contribution in [0.4, 0.5) is 5.82 Å². The van der Waals surface area contributed by atoms with Gasteiger partial charge >= 0.3 is 0 Å². The molecule has 0 fully saturated rings. The van der Waals surface area contributed by atoms with Crippen molar-refractivity contribution in [2.24, 2.45) is 0 Å². The van der Waals surface area contributed by atoms with Gasteiger partial charge in [0.1, 0.15) is 11.6 Å². The van der Waals surface area contributed by atoms with Crippen molar-refractivity contribution in [3.8, 4) is 6.07 Å². The predicted octanol–water partition coefficient (Wildman–Crippen LogP) is 1.29. The number of rotatable bonds is 3. The summed E-state index contributed by atoms with van der Waals surface area (Å²) < 4.78 is 0. The van der Waals surface area contributed by atoms with Gasteiger partial charge in [-0.1, -0.05) is 0 Å². The van der Waals surface area contributed by atoms with Crippen molar-refractivity contribution in [3.63, 3.8) is 0 Å². The number of anilines is 1. The number of nitrogens with zero attached hydrogens (tertiary/aromatic N) is 3. The van der Waals surface area contributed by atoms with Crippen LogP contribution >= 0.6 is 0 Å². The summed E-state index contributed by atoms with van der Waals surface area (Å²) in [4.78, 5) is 11.1. The highest BCUT2D eigenvalue weighted by Crippen LogP contribution is 2.06. The molecule has 74 valence electrons. The molecule has 2 aromatic rings. The SMILES string of the molecule is N#Cc1ccnc(NCc2ncc[nH]2)c1. The minimum absolute atomic E-state index is 0.564. The van der Waals surface area contributed by atoms with Crippen LogP contribution in [0.5, 0.6) is 0 Å². The van der Waals surface area contributed by atoms with Crippen molar-refractivity contribution in [2.75, 3.05) is 5.32 Å². The van der Waals surface area contributed by atoms with E-state index in [1.165, 1.54) is 0 Å². The molecule has 0 atom stereocenters. The topological polar surface area (TPSA) is 77.4 Å². The van der Waals surface area contributed by atoms with Crippen LogP contribution in [0.3, 0.4) is 0 Å². The summed E-state index contributed by atoms with van der Waals surface area (Å²) in [6.07, 6.45) is 5.05. The maximum absolute atomic E-state index is 8.69. The fraction of sp³-hybridized carbons (Fsp3) is 0.100. The number of pyridine rings is 1. The van der Waals surface area contributed by atoms with Gasteiger partial charge in [-0.25, -0.2) is 9.97 Å². The van der Waals surface area contributed by atoms with E-state index in [1.54, 1.807) is 30.7 Å². The van der Waals surface area contributed by atoms with Gasteiger partial charge in [0.2, 0.25) is 0 Å². The molecule has 0 saturated heterocycles. The van der Waals surface area contributed by atoms with E-state index in [9.17, 15) is 0 Å². The molecule has 2 heterocycles. The lowest BCUT2D eigenvalue weighted by Gasteiger charge is -2.02. The quantitative estimate of drug-likeness (QED) is 0.780. The van der Waals surface area contributed by atoms with E-state index in [0.717, 1.165) is 5.82 Å². The molecular formula is C10H9N5. The standard InChI is InChI=1S/C10H9N5/c11-6-8-1-2-12-9(5-8)15-7-10-13-3-4-14-10/h1-5H,7H2,(H,12,15)(H,13,14). The molecule has 2 N–H and O–H groups in total. The number of hydrogen-bond acceptors (Lipinski definition) is 4. The number of aromatic amines is 1.